The van der Waals surface area contributed by atoms with E-state index in [1.54, 1.807) is 6.08 Å². The molecule has 2 N–H and O–H groups in total. The van der Waals surface area contributed by atoms with Gasteiger partial charge in [0, 0.05) is 17.3 Å². The van der Waals surface area contributed by atoms with Gasteiger partial charge in [0.1, 0.15) is 5.75 Å². The van der Waals surface area contributed by atoms with Crippen molar-refractivity contribution in [2.75, 3.05) is 6.61 Å². The van der Waals surface area contributed by atoms with Crippen molar-refractivity contribution in [3.63, 3.8) is 0 Å². The quantitative estimate of drug-likeness (QED) is 0.428. The van der Waals surface area contributed by atoms with Gasteiger partial charge in [-0.2, -0.15) is 5.10 Å². The fourth-order valence-electron chi connectivity index (χ4n) is 3.35. The number of rotatable bonds is 7. The van der Waals surface area contributed by atoms with Gasteiger partial charge in [-0.3, -0.25) is 25.1 Å². The van der Waals surface area contributed by atoms with E-state index in [2.05, 4.69) is 47.1 Å². The van der Waals surface area contributed by atoms with Gasteiger partial charge in [0.15, 0.2) is 6.61 Å². The van der Waals surface area contributed by atoms with Crippen molar-refractivity contribution in [1.29, 1.82) is 0 Å². The van der Waals surface area contributed by atoms with Gasteiger partial charge in [-0.25, -0.2) is 0 Å². The van der Waals surface area contributed by atoms with Crippen LogP contribution in [0.4, 0.5) is 0 Å². The zero-order valence-corrected chi connectivity index (χ0v) is 19.7. The lowest BCUT2D eigenvalue weighted by Crippen LogP contribution is -2.43. The van der Waals surface area contributed by atoms with Crippen molar-refractivity contribution in [3.8, 4) is 5.75 Å². The molecule has 0 fully saturated rings. The number of hydrogen-bond acceptors (Lipinski definition) is 4. The van der Waals surface area contributed by atoms with Crippen LogP contribution in [0.2, 0.25) is 0 Å². The molecule has 0 atom stereocenters. The second-order valence-corrected chi connectivity index (χ2v) is 8.16. The van der Waals surface area contributed by atoms with Crippen LogP contribution in [0.5, 0.6) is 5.75 Å². The smallest absolute Gasteiger partial charge is 0.276 e. The van der Waals surface area contributed by atoms with Crippen molar-refractivity contribution in [3.05, 3.63) is 87.7 Å². The molecule has 0 bridgehead atoms. The zero-order chi connectivity index (χ0) is 24.0. The average molecular weight is 447 g/mol. The number of hydrogen-bond donors (Lipinski definition) is 2. The van der Waals surface area contributed by atoms with Crippen LogP contribution in [0.1, 0.15) is 39.2 Å². The minimum Gasteiger partial charge on any atom is -0.483 e. The maximum atomic E-state index is 12.2. The van der Waals surface area contributed by atoms with E-state index in [0.717, 1.165) is 33.6 Å². The first-order valence-corrected chi connectivity index (χ1v) is 10.8. The molecular weight excluding hydrogens is 416 g/mol. The largest absolute Gasteiger partial charge is 0.483 e. The lowest BCUT2D eigenvalue weighted by molar-refractivity contribution is -0.128. The zero-order valence-electron chi connectivity index (χ0n) is 19.7. The van der Waals surface area contributed by atoms with Gasteiger partial charge in [0.05, 0.1) is 12.2 Å². The van der Waals surface area contributed by atoms with E-state index in [1.807, 2.05) is 50.6 Å². The Morgan fingerprint density at radius 2 is 1.67 bits per heavy atom. The molecule has 0 unspecified atom stereocenters. The third-order valence-electron chi connectivity index (χ3n) is 5.32. The Labute approximate surface area is 194 Å². The molecule has 7 nitrogen and oxygen atoms in total. The molecule has 2 aromatic carbocycles. The van der Waals surface area contributed by atoms with Gasteiger partial charge >= 0.3 is 0 Å². The number of ether oxygens (including phenoxy) is 1. The molecule has 1 heterocycles. The van der Waals surface area contributed by atoms with E-state index in [4.69, 9.17) is 4.74 Å². The fraction of sp³-hybridized carbons (Fsp3) is 0.269. The molecule has 1 aromatic heterocycles. The molecule has 0 aliphatic heterocycles. The number of aromatic nitrogens is 2. The Kier molecular flexibility index (Phi) is 7.66. The predicted molar refractivity (Wildman–Crippen MR) is 129 cm³/mol. The Bertz CT molecular complexity index is 1180. The molecule has 0 radical (unpaired) electrons. The summed E-state index contributed by atoms with van der Waals surface area (Å²) >= 11 is 0. The predicted octanol–water partition coefficient (Wildman–Crippen LogP) is 3.71. The van der Waals surface area contributed by atoms with Gasteiger partial charge in [-0.1, -0.05) is 42.0 Å². The summed E-state index contributed by atoms with van der Waals surface area (Å²) in [5.74, 6) is -0.249. The first-order valence-electron chi connectivity index (χ1n) is 10.8. The van der Waals surface area contributed by atoms with Crippen LogP contribution >= 0.6 is 0 Å². The molecule has 0 aliphatic rings. The van der Waals surface area contributed by atoms with Crippen LogP contribution in [0.3, 0.4) is 0 Å². The van der Waals surface area contributed by atoms with Crippen LogP contribution in [0, 0.1) is 34.6 Å². The Balaban J connectivity index is 1.52. The lowest BCUT2D eigenvalue weighted by Gasteiger charge is -2.10. The Morgan fingerprint density at radius 3 is 2.39 bits per heavy atom. The third kappa shape index (κ3) is 6.55. The molecule has 0 aliphatic carbocycles. The van der Waals surface area contributed by atoms with Gasteiger partial charge < -0.3 is 4.74 Å². The number of amides is 2. The number of nitrogens with zero attached hydrogens (tertiary/aromatic N) is 2. The van der Waals surface area contributed by atoms with E-state index < -0.39 is 11.8 Å². The minimum atomic E-state index is -0.448. The molecule has 2 amide bonds. The SMILES string of the molecule is Cc1ccc(Cn2nc(C)c(/C=C/C(=O)NNC(=O)COc3cc(C)ccc3C)c2C)cc1. The highest BCUT2D eigenvalue weighted by Crippen LogP contribution is 2.19. The summed E-state index contributed by atoms with van der Waals surface area (Å²) in [6.07, 6.45) is 3.08. The van der Waals surface area contributed by atoms with Crippen LogP contribution in [0.15, 0.2) is 48.5 Å². The molecule has 33 heavy (non-hydrogen) atoms. The molecule has 3 aromatic rings. The summed E-state index contributed by atoms with van der Waals surface area (Å²) in [7, 11) is 0. The number of aryl methyl sites for hydroxylation is 4. The standard InChI is InChI=1S/C26H30N4O3/c1-17-7-10-22(11-8-17)15-30-21(5)23(20(4)29-30)12-13-25(31)27-28-26(32)16-33-24-14-18(2)6-9-19(24)3/h6-14H,15-16H2,1-5H3,(H,27,31)(H,28,32)/b13-12+. The van der Waals surface area contributed by atoms with Gasteiger partial charge in [0.25, 0.3) is 11.8 Å². The average Bonchev–Trinajstić information content (AvgIpc) is 3.05. The number of benzene rings is 2. The molecule has 172 valence electrons. The molecule has 0 saturated heterocycles. The van der Waals surface area contributed by atoms with E-state index >= 15 is 0 Å². The normalized spacial score (nSPS) is 10.9. The molecule has 3 rings (SSSR count). The summed E-state index contributed by atoms with van der Waals surface area (Å²) in [6, 6.07) is 14.1. The summed E-state index contributed by atoms with van der Waals surface area (Å²) in [5.41, 5.74) is 11.8. The van der Waals surface area contributed by atoms with Gasteiger partial charge in [-0.15, -0.1) is 0 Å². The van der Waals surface area contributed by atoms with Crippen molar-refractivity contribution in [1.82, 2.24) is 20.6 Å². The van der Waals surface area contributed by atoms with Crippen molar-refractivity contribution < 1.29 is 14.3 Å². The first kappa shape index (κ1) is 23.8. The van der Waals surface area contributed by atoms with Crippen LogP contribution in [0.25, 0.3) is 6.08 Å². The topological polar surface area (TPSA) is 85.3 Å². The molecular formula is C26H30N4O3. The number of carbonyl (C=O) groups excluding carboxylic acids is 2. The highest BCUT2D eigenvalue weighted by molar-refractivity contribution is 5.93. The van der Waals surface area contributed by atoms with Crippen molar-refractivity contribution in [2.45, 2.75) is 41.2 Å². The first-order chi connectivity index (χ1) is 15.7. The van der Waals surface area contributed by atoms with Crippen molar-refractivity contribution in [2.24, 2.45) is 0 Å². The number of nitrogens with one attached hydrogen (secondary N) is 2. The monoisotopic (exact) mass is 446 g/mol. The second kappa shape index (κ2) is 10.6. The van der Waals surface area contributed by atoms with Crippen molar-refractivity contribution >= 4 is 17.9 Å². The summed E-state index contributed by atoms with van der Waals surface area (Å²) in [4.78, 5) is 24.2. The molecule has 0 saturated carbocycles. The third-order valence-corrected chi connectivity index (χ3v) is 5.32. The highest BCUT2D eigenvalue weighted by Gasteiger charge is 2.11. The van der Waals surface area contributed by atoms with E-state index in [1.165, 1.54) is 11.6 Å². The van der Waals surface area contributed by atoms with E-state index in [0.29, 0.717) is 12.3 Å². The van der Waals surface area contributed by atoms with Crippen LogP contribution in [-0.4, -0.2) is 28.2 Å². The van der Waals surface area contributed by atoms with Gasteiger partial charge in [-0.05, 0) is 63.5 Å². The van der Waals surface area contributed by atoms with E-state index in [9.17, 15) is 9.59 Å². The Hall–Kier alpha value is -3.87. The fourth-order valence-corrected chi connectivity index (χ4v) is 3.35. The minimum absolute atomic E-state index is 0.196. The highest BCUT2D eigenvalue weighted by atomic mass is 16.5. The summed E-state index contributed by atoms with van der Waals surface area (Å²) < 4.78 is 7.46. The second-order valence-electron chi connectivity index (χ2n) is 8.16. The summed E-state index contributed by atoms with van der Waals surface area (Å²) in [6.45, 7) is 10.3. The number of hydrazine groups is 1. The number of carbonyl (C=O) groups is 2. The van der Waals surface area contributed by atoms with Crippen LogP contribution in [-0.2, 0) is 16.1 Å². The van der Waals surface area contributed by atoms with Crippen LogP contribution < -0.4 is 15.6 Å². The maximum absolute atomic E-state index is 12.2. The maximum Gasteiger partial charge on any atom is 0.276 e. The lowest BCUT2D eigenvalue weighted by atomic mass is 10.1. The van der Waals surface area contributed by atoms with Gasteiger partial charge in [0.2, 0.25) is 0 Å². The summed E-state index contributed by atoms with van der Waals surface area (Å²) in [5, 5.41) is 4.59. The Morgan fingerprint density at radius 1 is 0.970 bits per heavy atom. The molecule has 0 spiro atoms. The molecule has 7 heteroatoms. The van der Waals surface area contributed by atoms with E-state index in [-0.39, 0.29) is 6.61 Å².